The SMILES string of the molecule is C=C1C(=O)O[C@H]2/C=C(\C)CC/C=C(/C(=O)O[C@@H](C)[C@@](C)(O)C(=O)O[C@@H]3C(OC(C)=O)/C(C(=O)OC)=C\CC/C(C)=C/[C@@H]4OC(=O)C(=C)[C@@H]43)C[C@H](OC(=O)/C(C)=C\C)[C@H]12. The number of hydrogen-bond donors (Lipinski definition) is 1. The Morgan fingerprint density at radius 1 is 0.879 bits per heavy atom. The third-order valence-electron chi connectivity index (χ3n) is 10.8. The molecule has 9 atom stereocenters. The molecular weight excluding hydrogens is 756 g/mol. The highest BCUT2D eigenvalue weighted by molar-refractivity contribution is 5.94. The smallest absolute Gasteiger partial charge is 0.342 e. The van der Waals surface area contributed by atoms with Gasteiger partial charge in [0, 0.05) is 35.6 Å². The van der Waals surface area contributed by atoms with Crippen molar-refractivity contribution < 1.29 is 71.8 Å². The fraction of sp³-hybridized carbons (Fsp3) is 0.512. The summed E-state index contributed by atoms with van der Waals surface area (Å²) < 4.78 is 39.2. The van der Waals surface area contributed by atoms with E-state index in [9.17, 15) is 38.7 Å². The summed E-state index contributed by atoms with van der Waals surface area (Å²) >= 11 is 0. The lowest BCUT2D eigenvalue weighted by Crippen LogP contribution is -2.53. The molecule has 4 rings (SSSR count). The molecule has 4 aliphatic rings. The molecule has 0 aromatic heterocycles. The van der Waals surface area contributed by atoms with E-state index in [1.165, 1.54) is 13.0 Å². The van der Waals surface area contributed by atoms with Gasteiger partial charge in [-0.2, -0.15) is 0 Å². The van der Waals surface area contributed by atoms with Crippen molar-refractivity contribution in [2.45, 2.75) is 123 Å². The fourth-order valence-electron chi connectivity index (χ4n) is 7.03. The molecule has 1 N–H and O–H groups in total. The zero-order chi connectivity index (χ0) is 43.2. The number of esters is 7. The van der Waals surface area contributed by atoms with Gasteiger partial charge in [0.05, 0.1) is 24.5 Å². The molecule has 0 aromatic rings. The van der Waals surface area contributed by atoms with Crippen molar-refractivity contribution in [1.82, 2.24) is 0 Å². The second-order valence-electron chi connectivity index (χ2n) is 15.0. The minimum absolute atomic E-state index is 0.0191. The van der Waals surface area contributed by atoms with E-state index in [4.69, 9.17) is 33.2 Å². The Kier molecular flexibility index (Phi) is 14.6. The van der Waals surface area contributed by atoms with Gasteiger partial charge in [-0.25, -0.2) is 28.8 Å². The first-order chi connectivity index (χ1) is 27.2. The Hall–Kier alpha value is -5.57. The number of fused-ring (bicyclic) bond motifs is 2. The molecule has 0 saturated carbocycles. The number of aliphatic hydroxyl groups is 1. The average Bonchev–Trinajstić information content (AvgIpc) is 3.59. The zero-order valence-electron chi connectivity index (χ0n) is 34.1. The average molecular weight is 809 g/mol. The Labute approximate surface area is 337 Å². The van der Waals surface area contributed by atoms with Crippen LogP contribution < -0.4 is 0 Å². The van der Waals surface area contributed by atoms with Crippen LogP contribution in [0.15, 0.2) is 82.5 Å². The highest BCUT2D eigenvalue weighted by Crippen LogP contribution is 2.40. The quantitative estimate of drug-likeness (QED) is 0.148. The molecule has 2 saturated heterocycles. The van der Waals surface area contributed by atoms with Crippen LogP contribution in [0.25, 0.3) is 0 Å². The second kappa shape index (κ2) is 18.8. The maximum Gasteiger partial charge on any atom is 0.342 e. The van der Waals surface area contributed by atoms with E-state index in [1.54, 1.807) is 45.1 Å². The summed E-state index contributed by atoms with van der Waals surface area (Å²) in [6.45, 7) is 17.9. The van der Waals surface area contributed by atoms with Gasteiger partial charge >= 0.3 is 41.8 Å². The molecule has 314 valence electrons. The topological polar surface area (TPSA) is 204 Å². The summed E-state index contributed by atoms with van der Waals surface area (Å²) in [5, 5.41) is 11.7. The number of hydrogen-bond acceptors (Lipinski definition) is 15. The van der Waals surface area contributed by atoms with Crippen LogP contribution in [0.3, 0.4) is 0 Å². The summed E-state index contributed by atoms with van der Waals surface area (Å²) in [4.78, 5) is 92.4. The molecule has 15 nitrogen and oxygen atoms in total. The largest absolute Gasteiger partial charge is 0.466 e. The van der Waals surface area contributed by atoms with Gasteiger partial charge in [-0.15, -0.1) is 0 Å². The van der Waals surface area contributed by atoms with Crippen LogP contribution in [0, 0.1) is 11.8 Å². The number of carbonyl (C=O) groups is 7. The zero-order valence-corrected chi connectivity index (χ0v) is 34.1. The van der Waals surface area contributed by atoms with E-state index in [-0.39, 0.29) is 40.7 Å². The van der Waals surface area contributed by atoms with Gasteiger partial charge in [0.2, 0.25) is 0 Å². The van der Waals surface area contributed by atoms with Crippen LogP contribution in [0.1, 0.15) is 80.6 Å². The lowest BCUT2D eigenvalue weighted by Gasteiger charge is -2.36. The number of allylic oxidation sites excluding steroid dienone is 5. The monoisotopic (exact) mass is 808 g/mol. The molecule has 0 spiro atoms. The van der Waals surface area contributed by atoms with Crippen molar-refractivity contribution in [3.05, 3.63) is 82.5 Å². The van der Waals surface area contributed by atoms with Crippen molar-refractivity contribution in [3.63, 3.8) is 0 Å². The summed E-state index contributed by atoms with van der Waals surface area (Å²) in [7, 11) is 1.11. The molecule has 2 fully saturated rings. The van der Waals surface area contributed by atoms with Gasteiger partial charge in [0.15, 0.2) is 17.8 Å². The number of carbonyl (C=O) groups excluding carboxylic acids is 7. The molecule has 1 unspecified atom stereocenters. The van der Waals surface area contributed by atoms with Crippen molar-refractivity contribution in [2.24, 2.45) is 11.8 Å². The van der Waals surface area contributed by atoms with Crippen LogP contribution in [0.2, 0.25) is 0 Å². The highest BCUT2D eigenvalue weighted by Gasteiger charge is 2.53. The molecule has 0 amide bonds. The first kappa shape index (κ1) is 45.1. The Bertz CT molecular complexity index is 1910. The summed E-state index contributed by atoms with van der Waals surface area (Å²) in [5.74, 6) is -8.38. The van der Waals surface area contributed by atoms with E-state index in [0.717, 1.165) is 32.1 Å². The lowest BCUT2D eigenvalue weighted by atomic mass is 9.83. The molecular formula is C43H52O15. The highest BCUT2D eigenvalue weighted by atomic mass is 16.6. The van der Waals surface area contributed by atoms with Crippen molar-refractivity contribution >= 4 is 41.8 Å². The minimum atomic E-state index is -2.61. The van der Waals surface area contributed by atoms with E-state index in [1.807, 2.05) is 6.92 Å². The minimum Gasteiger partial charge on any atom is -0.466 e. The van der Waals surface area contributed by atoms with Crippen molar-refractivity contribution in [1.29, 1.82) is 0 Å². The Morgan fingerprint density at radius 2 is 1.43 bits per heavy atom. The van der Waals surface area contributed by atoms with Crippen molar-refractivity contribution in [2.75, 3.05) is 7.11 Å². The summed E-state index contributed by atoms with van der Waals surface area (Å²) in [5.41, 5.74) is -0.998. The predicted octanol–water partition coefficient (Wildman–Crippen LogP) is 4.48. The third-order valence-corrected chi connectivity index (χ3v) is 10.8. The van der Waals surface area contributed by atoms with Crippen LogP contribution in [0.5, 0.6) is 0 Å². The predicted molar refractivity (Wildman–Crippen MR) is 205 cm³/mol. The molecule has 2 heterocycles. The van der Waals surface area contributed by atoms with E-state index in [0.29, 0.717) is 19.3 Å². The van der Waals surface area contributed by atoms with Gasteiger partial charge in [-0.3, -0.25) is 4.79 Å². The molecule has 0 aromatic carbocycles. The fourth-order valence-corrected chi connectivity index (χ4v) is 7.03. The third kappa shape index (κ3) is 10.1. The van der Waals surface area contributed by atoms with E-state index in [2.05, 4.69) is 13.2 Å². The van der Waals surface area contributed by atoms with Crippen LogP contribution in [-0.4, -0.2) is 96.2 Å². The van der Waals surface area contributed by atoms with Gasteiger partial charge in [-0.05, 0) is 79.4 Å². The molecule has 58 heavy (non-hydrogen) atoms. The molecule has 2 aliphatic heterocycles. The number of methoxy groups -OCH3 is 1. The Balaban J connectivity index is 1.69. The lowest BCUT2D eigenvalue weighted by molar-refractivity contribution is -0.196. The maximum absolute atomic E-state index is 14.1. The number of rotatable bonds is 9. The summed E-state index contributed by atoms with van der Waals surface area (Å²) in [6.07, 6.45) is 1.29. The second-order valence-corrected chi connectivity index (χ2v) is 15.0. The normalized spacial score (nSPS) is 31.8. The molecule has 15 heteroatoms. The van der Waals surface area contributed by atoms with Gasteiger partial charge in [-0.1, -0.05) is 42.5 Å². The first-order valence-electron chi connectivity index (χ1n) is 19.0. The van der Waals surface area contributed by atoms with Crippen LogP contribution in [0.4, 0.5) is 0 Å². The Morgan fingerprint density at radius 3 is 1.98 bits per heavy atom. The van der Waals surface area contributed by atoms with E-state index >= 15 is 0 Å². The molecule has 0 radical (unpaired) electrons. The van der Waals surface area contributed by atoms with Gasteiger partial charge in [0.1, 0.15) is 24.4 Å². The maximum atomic E-state index is 14.1. The van der Waals surface area contributed by atoms with Crippen LogP contribution in [-0.2, 0) is 66.7 Å². The summed E-state index contributed by atoms with van der Waals surface area (Å²) in [6, 6.07) is 0. The molecule has 2 aliphatic carbocycles. The van der Waals surface area contributed by atoms with Gasteiger partial charge in [0.25, 0.3) is 0 Å². The van der Waals surface area contributed by atoms with E-state index < -0.39 is 95.8 Å². The molecule has 0 bridgehead atoms. The van der Waals surface area contributed by atoms with Gasteiger partial charge < -0.3 is 38.3 Å². The first-order valence-corrected chi connectivity index (χ1v) is 19.0. The van der Waals surface area contributed by atoms with Crippen LogP contribution >= 0.6 is 0 Å². The standard InChI is InChI=1S/C43H52O15/c1-11-23(4)37(45)55-32-20-28(16-12-14-21(2)18-30-33(32)24(5)38(46)56-30)40(48)53-26(7)43(9,51)42(50)58-36-34-25(6)39(47)57-31(34)19-22(3)15-13-17-29(41(49)52-10)35(36)54-27(8)44/h11,16-19,26,30-36,51H,5-6,12-15,20H2,1-4,7-10H3/b21-18+,22-19+,23-11-,28-16+,29-17+/t26-,30-,31-,32-,33+,34-,35?,36-,43+/m0/s1. The van der Waals surface area contributed by atoms with Crippen molar-refractivity contribution in [3.8, 4) is 0 Å². The number of ether oxygens (including phenoxy) is 7.